The van der Waals surface area contributed by atoms with Gasteiger partial charge >= 0.3 is 0 Å². The number of hydrogen-bond acceptors (Lipinski definition) is 3. The van der Waals surface area contributed by atoms with Crippen LogP contribution in [-0.2, 0) is 11.3 Å². The molecule has 2 N–H and O–H groups in total. The lowest BCUT2D eigenvalue weighted by Gasteiger charge is -2.34. The van der Waals surface area contributed by atoms with Crippen LogP contribution in [0.3, 0.4) is 0 Å². The van der Waals surface area contributed by atoms with Gasteiger partial charge in [-0.2, -0.15) is 0 Å². The molecule has 5 nitrogen and oxygen atoms in total. The molecule has 1 heterocycles. The Balaban J connectivity index is 0.00000338. The van der Waals surface area contributed by atoms with Gasteiger partial charge in [0.2, 0.25) is 0 Å². The van der Waals surface area contributed by atoms with E-state index < -0.39 is 0 Å². The van der Waals surface area contributed by atoms with Crippen molar-refractivity contribution in [1.82, 2.24) is 15.5 Å². The van der Waals surface area contributed by atoms with E-state index >= 15 is 0 Å². The third-order valence-corrected chi connectivity index (χ3v) is 4.36. The molecule has 26 heavy (non-hydrogen) atoms. The highest BCUT2D eigenvalue weighted by atomic mass is 127. The second kappa shape index (κ2) is 12.5. The van der Waals surface area contributed by atoms with Crippen LogP contribution < -0.4 is 10.6 Å². The average molecular weight is 474 g/mol. The number of hydrogen-bond donors (Lipinski definition) is 2. The Hall–Kier alpha value is -0.860. The van der Waals surface area contributed by atoms with Crippen LogP contribution in [0.2, 0.25) is 0 Å². The highest BCUT2D eigenvalue weighted by Gasteiger charge is 2.21. The Labute approximate surface area is 176 Å². The number of aryl methyl sites for hydroxylation is 1. The predicted molar refractivity (Wildman–Crippen MR) is 120 cm³/mol. The first-order valence-corrected chi connectivity index (χ1v) is 9.49. The molecule has 1 aromatic carbocycles. The zero-order chi connectivity index (χ0) is 18.1. The van der Waals surface area contributed by atoms with Crippen LogP contribution in [-0.4, -0.2) is 56.3 Å². The zero-order valence-electron chi connectivity index (χ0n) is 16.6. The van der Waals surface area contributed by atoms with Gasteiger partial charge in [-0.15, -0.1) is 24.0 Å². The lowest BCUT2D eigenvalue weighted by Crippen LogP contribution is -2.50. The highest BCUT2D eigenvalue weighted by Crippen LogP contribution is 2.09. The first-order chi connectivity index (χ1) is 12.1. The van der Waals surface area contributed by atoms with Crippen molar-refractivity contribution in [3.63, 3.8) is 0 Å². The quantitative estimate of drug-likeness (QED) is 0.363. The number of rotatable bonds is 7. The van der Waals surface area contributed by atoms with Crippen molar-refractivity contribution in [2.75, 3.05) is 39.3 Å². The number of aliphatic imine (C=N–C) groups is 1. The minimum atomic E-state index is 0. The molecule has 0 radical (unpaired) electrons. The van der Waals surface area contributed by atoms with Crippen LogP contribution in [0.25, 0.3) is 0 Å². The van der Waals surface area contributed by atoms with E-state index in [1.807, 2.05) is 0 Å². The molecule has 0 saturated carbocycles. The molecular formula is C20H35IN4O. The second-order valence-corrected chi connectivity index (χ2v) is 7.15. The molecule has 1 unspecified atom stereocenters. The van der Waals surface area contributed by atoms with E-state index in [-0.39, 0.29) is 30.1 Å². The van der Waals surface area contributed by atoms with Gasteiger partial charge in [0.15, 0.2) is 5.96 Å². The number of nitrogens with zero attached hydrogens (tertiary/aromatic N) is 2. The summed E-state index contributed by atoms with van der Waals surface area (Å²) in [4.78, 5) is 7.22. The number of benzene rings is 1. The van der Waals surface area contributed by atoms with E-state index in [1.54, 1.807) is 0 Å². The van der Waals surface area contributed by atoms with Gasteiger partial charge in [0, 0.05) is 32.7 Å². The van der Waals surface area contributed by atoms with Crippen molar-refractivity contribution in [3.8, 4) is 0 Å². The largest absolute Gasteiger partial charge is 0.374 e. The fraction of sp³-hybridized carbons (Fsp3) is 0.650. The molecule has 1 atom stereocenters. The van der Waals surface area contributed by atoms with E-state index in [4.69, 9.17) is 9.73 Å². The van der Waals surface area contributed by atoms with Crippen LogP contribution in [0.5, 0.6) is 0 Å². The fourth-order valence-corrected chi connectivity index (χ4v) is 3.09. The minimum absolute atomic E-state index is 0. The Kier molecular flexibility index (Phi) is 11.2. The second-order valence-electron chi connectivity index (χ2n) is 7.15. The van der Waals surface area contributed by atoms with Crippen LogP contribution in [0.15, 0.2) is 29.3 Å². The molecule has 148 valence electrons. The third kappa shape index (κ3) is 8.22. The van der Waals surface area contributed by atoms with Crippen molar-refractivity contribution in [1.29, 1.82) is 0 Å². The van der Waals surface area contributed by atoms with E-state index in [1.165, 1.54) is 11.1 Å². The van der Waals surface area contributed by atoms with Crippen molar-refractivity contribution < 1.29 is 4.74 Å². The van der Waals surface area contributed by atoms with Crippen LogP contribution in [0.1, 0.15) is 31.9 Å². The number of morpholine rings is 1. The first-order valence-electron chi connectivity index (χ1n) is 9.49. The number of ether oxygens (including phenoxy) is 1. The van der Waals surface area contributed by atoms with Crippen LogP contribution in [0.4, 0.5) is 0 Å². The van der Waals surface area contributed by atoms with Crippen LogP contribution in [0, 0.1) is 12.8 Å². The molecule has 0 bridgehead atoms. The average Bonchev–Trinajstić information content (AvgIpc) is 2.58. The number of halogens is 1. The van der Waals surface area contributed by atoms with Gasteiger partial charge in [-0.3, -0.25) is 4.90 Å². The molecule has 0 aromatic heterocycles. The molecule has 1 aliphatic rings. The van der Waals surface area contributed by atoms with E-state index in [0.717, 1.165) is 45.3 Å². The minimum Gasteiger partial charge on any atom is -0.374 e. The van der Waals surface area contributed by atoms with Gasteiger partial charge in [-0.1, -0.05) is 38.1 Å². The fourth-order valence-electron chi connectivity index (χ4n) is 3.09. The lowest BCUT2D eigenvalue weighted by atomic mass is 10.1. The lowest BCUT2D eigenvalue weighted by molar-refractivity contribution is -0.0284. The first kappa shape index (κ1) is 23.2. The smallest absolute Gasteiger partial charge is 0.191 e. The molecule has 1 fully saturated rings. The molecule has 1 aliphatic heterocycles. The number of guanidine groups is 1. The summed E-state index contributed by atoms with van der Waals surface area (Å²) in [5.74, 6) is 1.55. The van der Waals surface area contributed by atoms with Gasteiger partial charge in [0.1, 0.15) is 0 Å². The molecule has 0 aliphatic carbocycles. The SMILES string of the molecule is CCNC(=NCc1ccccc1C)NCC1CN(CC(C)C)CCO1.I. The Morgan fingerprint density at radius 3 is 2.77 bits per heavy atom. The van der Waals surface area contributed by atoms with Crippen LogP contribution >= 0.6 is 24.0 Å². The third-order valence-electron chi connectivity index (χ3n) is 4.36. The van der Waals surface area contributed by atoms with Gasteiger partial charge in [0.05, 0.1) is 19.3 Å². The van der Waals surface area contributed by atoms with Crippen molar-refractivity contribution >= 4 is 29.9 Å². The highest BCUT2D eigenvalue weighted by molar-refractivity contribution is 14.0. The summed E-state index contributed by atoms with van der Waals surface area (Å²) < 4.78 is 5.91. The Morgan fingerprint density at radius 2 is 2.08 bits per heavy atom. The van der Waals surface area contributed by atoms with E-state index in [9.17, 15) is 0 Å². The molecule has 1 saturated heterocycles. The Bertz CT molecular complexity index is 550. The summed E-state index contributed by atoms with van der Waals surface area (Å²) in [6.07, 6.45) is 0.217. The summed E-state index contributed by atoms with van der Waals surface area (Å²) in [6.45, 7) is 15.1. The maximum Gasteiger partial charge on any atom is 0.191 e. The maximum atomic E-state index is 5.91. The monoisotopic (exact) mass is 474 g/mol. The molecule has 0 amide bonds. The predicted octanol–water partition coefficient (Wildman–Crippen LogP) is 3.02. The molecule has 0 spiro atoms. The van der Waals surface area contributed by atoms with Gasteiger partial charge in [0.25, 0.3) is 0 Å². The summed E-state index contributed by atoms with van der Waals surface area (Å²) in [5.41, 5.74) is 2.54. The molecule has 2 rings (SSSR count). The standard InChI is InChI=1S/C20H34N4O.HI/c1-5-21-20(22-12-18-9-7-6-8-17(18)4)23-13-19-15-24(10-11-25-19)14-16(2)3;/h6-9,16,19H,5,10-15H2,1-4H3,(H2,21,22,23);1H. The molecule has 6 heteroatoms. The number of nitrogens with one attached hydrogen (secondary N) is 2. The normalized spacial score (nSPS) is 18.5. The van der Waals surface area contributed by atoms with Crippen molar-refractivity contribution in [2.45, 2.75) is 40.3 Å². The van der Waals surface area contributed by atoms with Crippen molar-refractivity contribution in [3.05, 3.63) is 35.4 Å². The molecular weight excluding hydrogens is 439 g/mol. The van der Waals surface area contributed by atoms with Gasteiger partial charge in [-0.25, -0.2) is 4.99 Å². The summed E-state index contributed by atoms with van der Waals surface area (Å²) in [7, 11) is 0. The van der Waals surface area contributed by atoms with Gasteiger partial charge < -0.3 is 15.4 Å². The maximum absolute atomic E-state index is 5.91. The van der Waals surface area contributed by atoms with E-state index in [0.29, 0.717) is 12.5 Å². The Morgan fingerprint density at radius 1 is 1.31 bits per heavy atom. The van der Waals surface area contributed by atoms with Gasteiger partial charge in [-0.05, 0) is 30.9 Å². The zero-order valence-corrected chi connectivity index (χ0v) is 19.0. The summed E-state index contributed by atoms with van der Waals surface area (Å²) in [6, 6.07) is 8.40. The van der Waals surface area contributed by atoms with E-state index in [2.05, 4.69) is 67.5 Å². The summed E-state index contributed by atoms with van der Waals surface area (Å²) in [5, 5.41) is 6.77. The topological polar surface area (TPSA) is 48.9 Å². The molecule has 1 aromatic rings. The van der Waals surface area contributed by atoms with Crippen molar-refractivity contribution in [2.24, 2.45) is 10.9 Å². The summed E-state index contributed by atoms with van der Waals surface area (Å²) >= 11 is 0.